The molecule has 1 aliphatic heterocycles. The molecule has 2 amide bonds. The molecule has 1 aliphatic rings. The number of nitrogens with one attached hydrogen (secondary N) is 1. The second-order valence-electron chi connectivity index (χ2n) is 6.19. The average molecular weight is 403 g/mol. The van der Waals surface area contributed by atoms with E-state index in [1.807, 2.05) is 0 Å². The van der Waals surface area contributed by atoms with Crippen LogP contribution in [0.3, 0.4) is 0 Å². The number of fused-ring (bicyclic) bond motifs is 1. The lowest BCUT2D eigenvalue weighted by molar-refractivity contribution is -0.141. The number of methoxy groups -OCH3 is 1. The molecule has 0 saturated heterocycles. The summed E-state index contributed by atoms with van der Waals surface area (Å²) < 4.78 is 10.1. The van der Waals surface area contributed by atoms with Crippen LogP contribution in [0.4, 0.5) is 5.69 Å². The van der Waals surface area contributed by atoms with E-state index >= 15 is 0 Å². The molecule has 0 bridgehead atoms. The van der Waals surface area contributed by atoms with Crippen molar-refractivity contribution < 1.29 is 23.9 Å². The summed E-state index contributed by atoms with van der Waals surface area (Å²) in [6.45, 7) is -0.322. The van der Waals surface area contributed by atoms with Crippen molar-refractivity contribution in [3.8, 4) is 5.75 Å². The normalized spacial score (nSPS) is 13.9. The van der Waals surface area contributed by atoms with Crippen LogP contribution in [0.1, 0.15) is 18.0 Å². The summed E-state index contributed by atoms with van der Waals surface area (Å²) in [5.41, 5.74) is 1.24. The van der Waals surface area contributed by atoms with Crippen molar-refractivity contribution in [3.63, 3.8) is 0 Å². The molecular formula is C20H19ClN2O5. The number of para-hydroxylation sites is 2. The van der Waals surface area contributed by atoms with Gasteiger partial charge in [0.1, 0.15) is 12.3 Å². The Kier molecular flexibility index (Phi) is 6.16. The fourth-order valence-electron chi connectivity index (χ4n) is 2.91. The van der Waals surface area contributed by atoms with Crippen LogP contribution in [-0.2, 0) is 19.1 Å². The Hall–Kier alpha value is -3.06. The number of anilines is 1. The van der Waals surface area contributed by atoms with E-state index in [-0.39, 0.29) is 25.5 Å². The maximum Gasteiger partial charge on any atom is 0.307 e. The number of hydrogen-bond acceptors (Lipinski definition) is 5. The molecule has 2 aromatic carbocycles. The first kappa shape index (κ1) is 19.7. The largest absolute Gasteiger partial charge is 0.482 e. The van der Waals surface area contributed by atoms with Crippen LogP contribution in [0.15, 0.2) is 48.5 Å². The van der Waals surface area contributed by atoms with Gasteiger partial charge in [0, 0.05) is 5.02 Å². The van der Waals surface area contributed by atoms with Gasteiger partial charge in [-0.3, -0.25) is 19.3 Å². The average Bonchev–Trinajstić information content (AvgIpc) is 2.70. The second-order valence-corrected chi connectivity index (χ2v) is 6.62. The number of hydrogen-bond donors (Lipinski definition) is 1. The monoisotopic (exact) mass is 402 g/mol. The topological polar surface area (TPSA) is 84.9 Å². The first-order chi connectivity index (χ1) is 13.5. The Labute approximate surface area is 167 Å². The molecule has 1 atom stereocenters. The summed E-state index contributed by atoms with van der Waals surface area (Å²) in [5.74, 6) is -0.648. The van der Waals surface area contributed by atoms with Crippen LogP contribution >= 0.6 is 11.6 Å². The van der Waals surface area contributed by atoms with Crippen molar-refractivity contribution in [2.75, 3.05) is 25.2 Å². The first-order valence-corrected chi connectivity index (χ1v) is 8.99. The lowest BCUT2D eigenvalue weighted by atomic mass is 10.0. The van der Waals surface area contributed by atoms with E-state index in [2.05, 4.69) is 5.32 Å². The molecule has 146 valence electrons. The lowest BCUT2D eigenvalue weighted by Gasteiger charge is -2.29. The van der Waals surface area contributed by atoms with Gasteiger partial charge in [0.15, 0.2) is 6.61 Å². The highest BCUT2D eigenvalue weighted by molar-refractivity contribution is 6.30. The quantitative estimate of drug-likeness (QED) is 0.750. The molecule has 0 fully saturated rings. The van der Waals surface area contributed by atoms with Crippen molar-refractivity contribution in [3.05, 3.63) is 59.1 Å². The highest BCUT2D eigenvalue weighted by Crippen LogP contribution is 2.31. The molecular weight excluding hydrogens is 384 g/mol. The van der Waals surface area contributed by atoms with Crippen LogP contribution in [0, 0.1) is 0 Å². The Morgan fingerprint density at radius 2 is 1.93 bits per heavy atom. The zero-order chi connectivity index (χ0) is 20.1. The standard InChI is InChI=1S/C20H19ClN2O5/c1-27-20(26)10-15(13-6-8-14(21)9-7-13)22-18(24)11-23-16-4-2-3-5-17(16)28-12-19(23)25/h2-9,15H,10-12H2,1H3,(H,22,24). The van der Waals surface area contributed by atoms with E-state index in [1.54, 1.807) is 48.5 Å². The van der Waals surface area contributed by atoms with E-state index in [0.717, 1.165) is 0 Å². The van der Waals surface area contributed by atoms with Crippen LogP contribution < -0.4 is 15.0 Å². The van der Waals surface area contributed by atoms with Gasteiger partial charge < -0.3 is 14.8 Å². The minimum absolute atomic E-state index is 0.0441. The third kappa shape index (κ3) is 4.61. The number of esters is 1. The molecule has 0 saturated carbocycles. The number of ether oxygens (including phenoxy) is 2. The van der Waals surface area contributed by atoms with Gasteiger partial charge in [0.05, 0.1) is 25.3 Å². The maximum absolute atomic E-state index is 12.7. The Morgan fingerprint density at radius 3 is 2.64 bits per heavy atom. The fraction of sp³-hybridized carbons (Fsp3) is 0.250. The molecule has 28 heavy (non-hydrogen) atoms. The van der Waals surface area contributed by atoms with Gasteiger partial charge in [-0.15, -0.1) is 0 Å². The van der Waals surface area contributed by atoms with Gasteiger partial charge in [-0.05, 0) is 29.8 Å². The summed E-state index contributed by atoms with van der Waals surface area (Å²) >= 11 is 5.91. The number of halogens is 1. The smallest absolute Gasteiger partial charge is 0.307 e. The molecule has 2 aromatic rings. The van der Waals surface area contributed by atoms with Gasteiger partial charge in [-0.2, -0.15) is 0 Å². The second kappa shape index (κ2) is 8.75. The predicted molar refractivity (Wildman–Crippen MR) is 103 cm³/mol. The molecule has 0 aliphatic carbocycles. The summed E-state index contributed by atoms with van der Waals surface area (Å²) in [6, 6.07) is 13.2. The minimum Gasteiger partial charge on any atom is -0.482 e. The van der Waals surface area contributed by atoms with Crippen molar-refractivity contribution in [2.45, 2.75) is 12.5 Å². The summed E-state index contributed by atoms with van der Waals surface area (Å²) in [7, 11) is 1.28. The molecule has 7 nitrogen and oxygen atoms in total. The van der Waals surface area contributed by atoms with Crippen LogP contribution in [0.25, 0.3) is 0 Å². The minimum atomic E-state index is -0.608. The van der Waals surface area contributed by atoms with Gasteiger partial charge >= 0.3 is 5.97 Å². The Balaban J connectivity index is 1.76. The number of carbonyl (C=O) groups excluding carboxylic acids is 3. The van der Waals surface area contributed by atoms with Crippen molar-refractivity contribution in [1.29, 1.82) is 0 Å². The summed E-state index contributed by atoms with van der Waals surface area (Å²) in [5, 5.41) is 3.34. The molecule has 1 N–H and O–H groups in total. The van der Waals surface area contributed by atoms with Gasteiger partial charge in [-0.1, -0.05) is 35.9 Å². The zero-order valence-corrected chi connectivity index (χ0v) is 15.9. The number of nitrogens with zero attached hydrogens (tertiary/aromatic N) is 1. The number of benzene rings is 2. The zero-order valence-electron chi connectivity index (χ0n) is 15.2. The first-order valence-electron chi connectivity index (χ1n) is 8.61. The van der Waals surface area contributed by atoms with Crippen LogP contribution in [0.2, 0.25) is 5.02 Å². The lowest BCUT2D eigenvalue weighted by Crippen LogP contribution is -2.46. The van der Waals surface area contributed by atoms with E-state index < -0.39 is 17.9 Å². The van der Waals surface area contributed by atoms with Crippen molar-refractivity contribution in [2.24, 2.45) is 0 Å². The van der Waals surface area contributed by atoms with E-state index in [0.29, 0.717) is 22.0 Å². The highest BCUT2D eigenvalue weighted by Gasteiger charge is 2.28. The molecule has 1 heterocycles. The number of rotatable bonds is 6. The van der Waals surface area contributed by atoms with Gasteiger partial charge in [-0.25, -0.2) is 0 Å². The fourth-order valence-corrected chi connectivity index (χ4v) is 3.03. The molecule has 8 heteroatoms. The van der Waals surface area contributed by atoms with Crippen LogP contribution in [0.5, 0.6) is 5.75 Å². The third-order valence-corrected chi connectivity index (χ3v) is 4.57. The Bertz CT molecular complexity index is 884. The Morgan fingerprint density at radius 1 is 1.21 bits per heavy atom. The SMILES string of the molecule is COC(=O)CC(NC(=O)CN1C(=O)COc2ccccc21)c1ccc(Cl)cc1. The molecule has 1 unspecified atom stereocenters. The highest BCUT2D eigenvalue weighted by atomic mass is 35.5. The molecule has 0 radical (unpaired) electrons. The number of amides is 2. The maximum atomic E-state index is 12.7. The van der Waals surface area contributed by atoms with Crippen molar-refractivity contribution in [1.82, 2.24) is 5.32 Å². The third-order valence-electron chi connectivity index (χ3n) is 4.32. The van der Waals surface area contributed by atoms with Crippen LogP contribution in [-0.4, -0.2) is 38.0 Å². The van der Waals surface area contributed by atoms with E-state index in [9.17, 15) is 14.4 Å². The summed E-state index contributed by atoms with van der Waals surface area (Å²) in [6.07, 6.45) is -0.0441. The summed E-state index contributed by atoms with van der Waals surface area (Å²) in [4.78, 5) is 38.0. The molecule has 0 spiro atoms. The molecule has 0 aromatic heterocycles. The van der Waals surface area contributed by atoms with Gasteiger partial charge in [0.25, 0.3) is 5.91 Å². The predicted octanol–water partition coefficient (Wildman–Crippen LogP) is 2.49. The van der Waals surface area contributed by atoms with E-state index in [1.165, 1.54) is 12.0 Å². The van der Waals surface area contributed by atoms with Crippen molar-refractivity contribution >= 4 is 35.1 Å². The molecule has 3 rings (SSSR count). The van der Waals surface area contributed by atoms with E-state index in [4.69, 9.17) is 21.1 Å². The number of carbonyl (C=O) groups is 3. The van der Waals surface area contributed by atoms with Gasteiger partial charge in [0.2, 0.25) is 5.91 Å².